The van der Waals surface area contributed by atoms with Gasteiger partial charge in [-0.1, -0.05) is 36.4 Å². The van der Waals surface area contributed by atoms with Crippen molar-refractivity contribution in [2.45, 2.75) is 13.5 Å². The van der Waals surface area contributed by atoms with Gasteiger partial charge in [0.25, 0.3) is 0 Å². The molecule has 0 bridgehead atoms. The molecular weight excluding hydrogens is 316 g/mol. The van der Waals surface area contributed by atoms with E-state index in [4.69, 9.17) is 10.5 Å². The number of hydrogen-bond acceptors (Lipinski definition) is 5. The fraction of sp³-hybridized carbons (Fsp3) is 0.158. The Kier molecular flexibility index (Phi) is 4.99. The summed E-state index contributed by atoms with van der Waals surface area (Å²) in [5, 5.41) is 8.20. The summed E-state index contributed by atoms with van der Waals surface area (Å²) in [6.07, 6.45) is -0.548. The minimum absolute atomic E-state index is 0.233. The molecule has 3 rings (SSSR count). The second-order valence-electron chi connectivity index (χ2n) is 5.51. The van der Waals surface area contributed by atoms with Crippen LogP contribution in [0.4, 0.5) is 22.1 Å². The van der Waals surface area contributed by atoms with Gasteiger partial charge in [-0.3, -0.25) is 5.32 Å². The molecule has 128 valence electrons. The molecule has 0 atom stereocenters. The Balaban J connectivity index is 1.66. The number of pyridine rings is 1. The standard InChI is InChI=1S/C19H20N4O2/c1-2-25-19(24)22-16-9-10-17(23-18(16)20)21-12-13-7-8-14-5-3-4-6-15(14)11-13/h3-11H,2,12H2,1H3,(H,22,24)(H3,20,21,23). The van der Waals surface area contributed by atoms with Crippen LogP contribution in [0.1, 0.15) is 12.5 Å². The third-order valence-corrected chi connectivity index (χ3v) is 3.72. The van der Waals surface area contributed by atoms with Crippen LogP contribution in [0, 0.1) is 0 Å². The van der Waals surface area contributed by atoms with Crippen molar-refractivity contribution in [3.63, 3.8) is 0 Å². The summed E-state index contributed by atoms with van der Waals surface area (Å²) in [6.45, 7) is 2.66. The number of benzene rings is 2. The molecule has 6 nitrogen and oxygen atoms in total. The molecule has 6 heteroatoms. The molecule has 3 aromatic rings. The van der Waals surface area contributed by atoms with E-state index in [1.54, 1.807) is 19.1 Å². The van der Waals surface area contributed by atoms with Crippen LogP contribution >= 0.6 is 0 Å². The summed E-state index contributed by atoms with van der Waals surface area (Å²) in [5.74, 6) is 0.872. The molecule has 0 saturated carbocycles. The molecule has 1 heterocycles. The Labute approximate surface area is 146 Å². The Morgan fingerprint density at radius 2 is 1.92 bits per heavy atom. The van der Waals surface area contributed by atoms with E-state index < -0.39 is 6.09 Å². The molecule has 0 radical (unpaired) electrons. The van der Waals surface area contributed by atoms with Gasteiger partial charge in [0.15, 0.2) is 0 Å². The first-order valence-electron chi connectivity index (χ1n) is 8.07. The van der Waals surface area contributed by atoms with Crippen LogP contribution in [0.2, 0.25) is 0 Å². The topological polar surface area (TPSA) is 89.3 Å². The second kappa shape index (κ2) is 7.53. The SMILES string of the molecule is CCOC(=O)Nc1ccc(NCc2ccc3ccccc3c2)nc1N. The Morgan fingerprint density at radius 3 is 2.68 bits per heavy atom. The van der Waals surface area contributed by atoms with Crippen LogP contribution in [0.25, 0.3) is 10.8 Å². The Hall–Kier alpha value is -3.28. The van der Waals surface area contributed by atoms with Gasteiger partial charge in [0.1, 0.15) is 11.6 Å². The number of nitrogens with one attached hydrogen (secondary N) is 2. The van der Waals surface area contributed by atoms with E-state index in [9.17, 15) is 4.79 Å². The molecule has 0 aliphatic heterocycles. The van der Waals surface area contributed by atoms with E-state index >= 15 is 0 Å². The summed E-state index contributed by atoms with van der Waals surface area (Å²) >= 11 is 0. The summed E-state index contributed by atoms with van der Waals surface area (Å²) < 4.78 is 4.82. The van der Waals surface area contributed by atoms with Gasteiger partial charge in [-0.15, -0.1) is 0 Å². The monoisotopic (exact) mass is 336 g/mol. The third-order valence-electron chi connectivity index (χ3n) is 3.72. The van der Waals surface area contributed by atoms with Gasteiger partial charge in [-0.2, -0.15) is 0 Å². The smallest absolute Gasteiger partial charge is 0.411 e. The number of hydrogen-bond donors (Lipinski definition) is 3. The molecule has 0 saturated heterocycles. The molecule has 0 aliphatic rings. The lowest BCUT2D eigenvalue weighted by Crippen LogP contribution is -2.15. The highest BCUT2D eigenvalue weighted by Gasteiger charge is 2.07. The summed E-state index contributed by atoms with van der Waals surface area (Å²) in [5.41, 5.74) is 7.46. The number of carbonyl (C=O) groups excluding carboxylic acids is 1. The van der Waals surface area contributed by atoms with Crippen LogP contribution < -0.4 is 16.4 Å². The van der Waals surface area contributed by atoms with Crippen LogP contribution in [-0.4, -0.2) is 17.7 Å². The third kappa shape index (κ3) is 4.17. The van der Waals surface area contributed by atoms with E-state index in [1.807, 2.05) is 12.1 Å². The molecular formula is C19H20N4O2. The van der Waals surface area contributed by atoms with E-state index in [0.29, 0.717) is 24.7 Å². The van der Waals surface area contributed by atoms with Crippen LogP contribution in [-0.2, 0) is 11.3 Å². The van der Waals surface area contributed by atoms with Crippen molar-refractivity contribution in [2.75, 3.05) is 23.0 Å². The molecule has 4 N–H and O–H groups in total. The highest BCUT2D eigenvalue weighted by atomic mass is 16.5. The summed E-state index contributed by atoms with van der Waals surface area (Å²) in [6, 6.07) is 18.0. The number of carbonyl (C=O) groups is 1. The number of aromatic nitrogens is 1. The average Bonchev–Trinajstić information content (AvgIpc) is 2.62. The van der Waals surface area contributed by atoms with Gasteiger partial charge in [0.05, 0.1) is 12.3 Å². The highest BCUT2D eigenvalue weighted by Crippen LogP contribution is 2.20. The van der Waals surface area contributed by atoms with Crippen LogP contribution in [0.3, 0.4) is 0 Å². The molecule has 2 aromatic carbocycles. The van der Waals surface area contributed by atoms with Gasteiger partial charge in [0, 0.05) is 6.54 Å². The molecule has 0 spiro atoms. The number of nitrogens with two attached hydrogens (primary N) is 1. The highest BCUT2D eigenvalue weighted by molar-refractivity contribution is 5.88. The molecule has 1 aromatic heterocycles. The zero-order chi connectivity index (χ0) is 17.6. The lowest BCUT2D eigenvalue weighted by molar-refractivity contribution is 0.168. The van der Waals surface area contributed by atoms with Crippen molar-refractivity contribution in [2.24, 2.45) is 0 Å². The number of amides is 1. The lowest BCUT2D eigenvalue weighted by atomic mass is 10.1. The first-order valence-corrected chi connectivity index (χ1v) is 8.07. The maximum absolute atomic E-state index is 11.4. The van der Waals surface area contributed by atoms with E-state index in [2.05, 4.69) is 45.9 Å². The van der Waals surface area contributed by atoms with E-state index in [0.717, 1.165) is 5.56 Å². The molecule has 0 fully saturated rings. The van der Waals surface area contributed by atoms with Gasteiger partial charge in [-0.05, 0) is 41.5 Å². The van der Waals surface area contributed by atoms with Crippen molar-refractivity contribution >= 4 is 34.2 Å². The fourth-order valence-corrected chi connectivity index (χ4v) is 2.50. The number of fused-ring (bicyclic) bond motifs is 1. The fourth-order valence-electron chi connectivity index (χ4n) is 2.50. The van der Waals surface area contributed by atoms with Gasteiger partial charge >= 0.3 is 6.09 Å². The van der Waals surface area contributed by atoms with Crippen molar-refractivity contribution in [3.8, 4) is 0 Å². The van der Waals surface area contributed by atoms with E-state index in [-0.39, 0.29) is 5.82 Å². The molecule has 0 unspecified atom stereocenters. The minimum Gasteiger partial charge on any atom is -0.450 e. The van der Waals surface area contributed by atoms with Crippen LogP contribution in [0.5, 0.6) is 0 Å². The number of anilines is 3. The summed E-state index contributed by atoms with van der Waals surface area (Å²) in [7, 11) is 0. The largest absolute Gasteiger partial charge is 0.450 e. The number of nitrogen functional groups attached to an aromatic ring is 1. The first kappa shape index (κ1) is 16.6. The van der Waals surface area contributed by atoms with Gasteiger partial charge in [0.2, 0.25) is 0 Å². The quantitative estimate of drug-likeness (QED) is 0.655. The predicted molar refractivity (Wildman–Crippen MR) is 101 cm³/mol. The predicted octanol–water partition coefficient (Wildman–Crippen LogP) is 4.00. The maximum atomic E-state index is 11.4. The van der Waals surface area contributed by atoms with Crippen molar-refractivity contribution in [1.29, 1.82) is 0 Å². The normalized spacial score (nSPS) is 10.4. The Morgan fingerprint density at radius 1 is 1.12 bits per heavy atom. The summed E-state index contributed by atoms with van der Waals surface area (Å²) in [4.78, 5) is 15.7. The number of ether oxygens (including phenoxy) is 1. The second-order valence-corrected chi connectivity index (χ2v) is 5.51. The minimum atomic E-state index is -0.548. The first-order chi connectivity index (χ1) is 12.2. The maximum Gasteiger partial charge on any atom is 0.411 e. The molecule has 0 aliphatic carbocycles. The zero-order valence-corrected chi connectivity index (χ0v) is 14.0. The molecule has 1 amide bonds. The van der Waals surface area contributed by atoms with Gasteiger partial charge < -0.3 is 15.8 Å². The Bertz CT molecular complexity index is 895. The van der Waals surface area contributed by atoms with Crippen molar-refractivity contribution in [1.82, 2.24) is 4.98 Å². The van der Waals surface area contributed by atoms with Crippen LogP contribution in [0.15, 0.2) is 54.6 Å². The lowest BCUT2D eigenvalue weighted by Gasteiger charge is -2.11. The molecule has 25 heavy (non-hydrogen) atoms. The number of rotatable bonds is 5. The zero-order valence-electron chi connectivity index (χ0n) is 14.0. The average molecular weight is 336 g/mol. The van der Waals surface area contributed by atoms with E-state index in [1.165, 1.54) is 10.8 Å². The van der Waals surface area contributed by atoms with Crippen molar-refractivity contribution in [3.05, 3.63) is 60.2 Å². The van der Waals surface area contributed by atoms with Gasteiger partial charge in [-0.25, -0.2) is 9.78 Å². The van der Waals surface area contributed by atoms with Crippen molar-refractivity contribution < 1.29 is 9.53 Å². The number of nitrogens with zero attached hydrogens (tertiary/aromatic N) is 1.